The Morgan fingerprint density at radius 2 is 1.48 bits per heavy atom. The molecule has 1 aromatic carbocycles. The first kappa shape index (κ1) is 17.2. The van der Waals surface area contributed by atoms with Gasteiger partial charge in [-0.15, -0.1) is 0 Å². The van der Waals surface area contributed by atoms with Crippen LogP contribution in [0.15, 0.2) is 24.3 Å². The van der Waals surface area contributed by atoms with Crippen molar-refractivity contribution in [3.63, 3.8) is 0 Å². The average molecular weight is 291 g/mol. The minimum atomic E-state index is -0.599. The van der Waals surface area contributed by atoms with E-state index in [4.69, 9.17) is 10.5 Å². The molecular formula is C17H25NO3. The number of primary amides is 1. The third-order valence-electron chi connectivity index (χ3n) is 3.00. The molecule has 21 heavy (non-hydrogen) atoms. The van der Waals surface area contributed by atoms with E-state index in [2.05, 4.69) is 0 Å². The Labute approximate surface area is 126 Å². The molecule has 0 saturated carbocycles. The zero-order chi connectivity index (χ0) is 16.3. The first-order valence-electron chi connectivity index (χ1n) is 7.09. The number of esters is 1. The van der Waals surface area contributed by atoms with Gasteiger partial charge in [-0.1, -0.05) is 24.3 Å². The summed E-state index contributed by atoms with van der Waals surface area (Å²) in [7, 11) is 0. The second kappa shape index (κ2) is 6.29. The molecule has 0 aliphatic carbocycles. The van der Waals surface area contributed by atoms with Crippen molar-refractivity contribution in [3.05, 3.63) is 35.4 Å². The van der Waals surface area contributed by atoms with Gasteiger partial charge in [0.05, 0.1) is 11.8 Å². The minimum absolute atomic E-state index is 0.212. The van der Waals surface area contributed by atoms with Crippen molar-refractivity contribution < 1.29 is 14.3 Å². The van der Waals surface area contributed by atoms with Gasteiger partial charge in [-0.3, -0.25) is 9.59 Å². The van der Waals surface area contributed by atoms with E-state index >= 15 is 0 Å². The molecule has 0 aromatic heterocycles. The standard InChI is InChI=1S/C17H25NO3/c1-16(2,3)21-15(20)17(4,5)11-13-8-6-12(7-9-13)10-14(18)19/h6-9H,10-11H2,1-5H3,(H2,18,19). The quantitative estimate of drug-likeness (QED) is 0.848. The summed E-state index contributed by atoms with van der Waals surface area (Å²) in [6, 6.07) is 7.57. The van der Waals surface area contributed by atoms with Gasteiger partial charge in [-0.25, -0.2) is 0 Å². The van der Waals surface area contributed by atoms with Crippen LogP contribution in [0.25, 0.3) is 0 Å². The molecule has 4 heteroatoms. The number of rotatable bonds is 5. The number of carbonyl (C=O) groups is 2. The zero-order valence-corrected chi connectivity index (χ0v) is 13.5. The molecule has 0 aliphatic heterocycles. The minimum Gasteiger partial charge on any atom is -0.460 e. The number of hydrogen-bond donors (Lipinski definition) is 1. The largest absolute Gasteiger partial charge is 0.460 e. The van der Waals surface area contributed by atoms with Crippen molar-refractivity contribution in [3.8, 4) is 0 Å². The van der Waals surface area contributed by atoms with Crippen LogP contribution >= 0.6 is 0 Å². The maximum absolute atomic E-state index is 12.2. The van der Waals surface area contributed by atoms with Crippen LogP contribution in [0.4, 0.5) is 0 Å². The molecule has 0 heterocycles. The molecule has 1 rings (SSSR count). The van der Waals surface area contributed by atoms with Crippen molar-refractivity contribution in [2.24, 2.45) is 11.1 Å². The van der Waals surface area contributed by atoms with Crippen molar-refractivity contribution in [1.29, 1.82) is 0 Å². The first-order valence-corrected chi connectivity index (χ1v) is 7.09. The molecule has 0 atom stereocenters. The second-order valence-corrected chi connectivity index (χ2v) is 7.02. The highest BCUT2D eigenvalue weighted by atomic mass is 16.6. The smallest absolute Gasteiger partial charge is 0.312 e. The molecule has 0 fully saturated rings. The maximum Gasteiger partial charge on any atom is 0.312 e. The first-order chi connectivity index (χ1) is 9.49. The summed E-state index contributed by atoms with van der Waals surface area (Å²) >= 11 is 0. The van der Waals surface area contributed by atoms with Gasteiger partial charge in [0.15, 0.2) is 0 Å². The summed E-state index contributed by atoms with van der Waals surface area (Å²) in [4.78, 5) is 23.1. The number of benzene rings is 1. The van der Waals surface area contributed by atoms with E-state index in [0.29, 0.717) is 6.42 Å². The van der Waals surface area contributed by atoms with E-state index in [9.17, 15) is 9.59 Å². The van der Waals surface area contributed by atoms with Crippen LogP contribution < -0.4 is 5.73 Å². The lowest BCUT2D eigenvalue weighted by atomic mass is 9.85. The lowest BCUT2D eigenvalue weighted by Crippen LogP contribution is -2.35. The van der Waals surface area contributed by atoms with Crippen molar-refractivity contribution in [2.45, 2.75) is 53.1 Å². The van der Waals surface area contributed by atoms with Crippen molar-refractivity contribution >= 4 is 11.9 Å². The molecule has 0 saturated heterocycles. The average Bonchev–Trinajstić information content (AvgIpc) is 2.28. The van der Waals surface area contributed by atoms with E-state index in [1.54, 1.807) is 0 Å². The van der Waals surface area contributed by atoms with Crippen LogP contribution in [0, 0.1) is 5.41 Å². The van der Waals surface area contributed by atoms with Gasteiger partial charge in [0.1, 0.15) is 5.60 Å². The van der Waals surface area contributed by atoms with Crippen LogP contribution in [0.3, 0.4) is 0 Å². The Morgan fingerprint density at radius 3 is 1.90 bits per heavy atom. The third kappa shape index (κ3) is 5.98. The van der Waals surface area contributed by atoms with Crippen molar-refractivity contribution in [1.82, 2.24) is 0 Å². The Kier molecular flexibility index (Phi) is 5.15. The number of amides is 1. The fraction of sp³-hybridized carbons (Fsp3) is 0.529. The van der Waals surface area contributed by atoms with Crippen LogP contribution in [-0.4, -0.2) is 17.5 Å². The molecule has 0 bridgehead atoms. The number of carbonyl (C=O) groups excluding carboxylic acids is 2. The molecule has 0 unspecified atom stereocenters. The van der Waals surface area contributed by atoms with Gasteiger partial charge in [0.2, 0.25) is 5.91 Å². The molecule has 0 radical (unpaired) electrons. The molecule has 1 aromatic rings. The van der Waals surface area contributed by atoms with E-state index in [-0.39, 0.29) is 18.3 Å². The summed E-state index contributed by atoms with van der Waals surface area (Å²) in [6.45, 7) is 9.33. The van der Waals surface area contributed by atoms with Crippen LogP contribution in [0.1, 0.15) is 45.7 Å². The molecule has 2 N–H and O–H groups in total. The van der Waals surface area contributed by atoms with E-state index in [1.807, 2.05) is 58.9 Å². The molecular weight excluding hydrogens is 266 g/mol. The number of hydrogen-bond acceptors (Lipinski definition) is 3. The number of ether oxygens (including phenoxy) is 1. The topological polar surface area (TPSA) is 69.4 Å². The fourth-order valence-electron chi connectivity index (χ4n) is 1.97. The Hall–Kier alpha value is -1.84. The second-order valence-electron chi connectivity index (χ2n) is 7.02. The molecule has 1 amide bonds. The van der Waals surface area contributed by atoms with Gasteiger partial charge in [0, 0.05) is 0 Å². The van der Waals surface area contributed by atoms with E-state index in [1.165, 1.54) is 0 Å². The fourth-order valence-corrected chi connectivity index (χ4v) is 1.97. The van der Waals surface area contributed by atoms with Crippen LogP contribution in [0.5, 0.6) is 0 Å². The predicted octanol–water partition coefficient (Wildman–Crippen LogP) is 2.62. The summed E-state index contributed by atoms with van der Waals surface area (Å²) in [5.74, 6) is -0.562. The van der Waals surface area contributed by atoms with Gasteiger partial charge < -0.3 is 10.5 Å². The van der Waals surface area contributed by atoms with E-state index < -0.39 is 11.0 Å². The monoisotopic (exact) mass is 291 g/mol. The molecule has 0 aliphatic rings. The highest BCUT2D eigenvalue weighted by Crippen LogP contribution is 2.26. The van der Waals surface area contributed by atoms with Crippen molar-refractivity contribution in [2.75, 3.05) is 0 Å². The summed E-state index contributed by atoms with van der Waals surface area (Å²) in [5.41, 5.74) is 5.98. The normalized spacial score (nSPS) is 12.0. The van der Waals surface area contributed by atoms with Crippen LogP contribution in [0.2, 0.25) is 0 Å². The van der Waals surface area contributed by atoms with Gasteiger partial charge in [-0.2, -0.15) is 0 Å². The summed E-state index contributed by atoms with van der Waals surface area (Å²) < 4.78 is 5.45. The highest BCUT2D eigenvalue weighted by molar-refractivity contribution is 5.77. The van der Waals surface area contributed by atoms with Gasteiger partial charge >= 0.3 is 5.97 Å². The highest BCUT2D eigenvalue weighted by Gasteiger charge is 2.32. The molecule has 116 valence electrons. The van der Waals surface area contributed by atoms with Crippen LogP contribution in [-0.2, 0) is 27.2 Å². The Balaban J connectivity index is 2.74. The Morgan fingerprint density at radius 1 is 1.00 bits per heavy atom. The summed E-state index contributed by atoms with van der Waals surface area (Å²) in [6.07, 6.45) is 0.814. The lowest BCUT2D eigenvalue weighted by molar-refractivity contribution is -0.165. The number of nitrogens with two attached hydrogens (primary N) is 1. The third-order valence-corrected chi connectivity index (χ3v) is 3.00. The summed E-state index contributed by atoms with van der Waals surface area (Å²) in [5, 5.41) is 0. The molecule has 0 spiro atoms. The predicted molar refractivity (Wildman–Crippen MR) is 82.7 cm³/mol. The van der Waals surface area contributed by atoms with Gasteiger partial charge in [-0.05, 0) is 52.2 Å². The lowest BCUT2D eigenvalue weighted by Gasteiger charge is -2.28. The molecule has 4 nitrogen and oxygen atoms in total. The van der Waals surface area contributed by atoms with Gasteiger partial charge in [0.25, 0.3) is 0 Å². The zero-order valence-electron chi connectivity index (χ0n) is 13.5. The van der Waals surface area contributed by atoms with E-state index in [0.717, 1.165) is 11.1 Å². The SMILES string of the molecule is CC(C)(C)OC(=O)C(C)(C)Cc1ccc(CC(N)=O)cc1. The maximum atomic E-state index is 12.2. The Bertz CT molecular complexity index is 510.